The number of furan rings is 1. The maximum Gasteiger partial charge on any atom is 0.311 e. The lowest BCUT2D eigenvalue weighted by atomic mass is 9.46. The van der Waals surface area contributed by atoms with Crippen LogP contribution in [-0.4, -0.2) is 30.9 Å². The van der Waals surface area contributed by atoms with Crippen molar-refractivity contribution in [1.29, 1.82) is 0 Å². The molecule has 0 radical (unpaired) electrons. The van der Waals surface area contributed by atoms with E-state index in [0.29, 0.717) is 18.4 Å². The summed E-state index contributed by atoms with van der Waals surface area (Å²) in [5, 5.41) is 0. The second-order valence-electron chi connectivity index (χ2n) is 9.85. The fourth-order valence-corrected chi connectivity index (χ4v) is 6.31. The molecule has 2 fully saturated rings. The molecule has 2 saturated carbocycles. The number of hydrogen-bond donors (Lipinski definition) is 0. The van der Waals surface area contributed by atoms with E-state index in [2.05, 4.69) is 20.4 Å². The standard InChI is InChI=1S/C25H37NO4/c1-17-8-11-22-24(3,13-7-14-25(22,4)23(28)29-6)20(17)10-9-19-12-15-30-21(19)16-26(5)18(2)27/h12,15,20,22H,1,7-11,13-14,16H2,2-6H3/t20-,22-,24-,25-/m1/s1. The molecule has 2 aliphatic rings. The zero-order valence-electron chi connectivity index (χ0n) is 19.3. The van der Waals surface area contributed by atoms with E-state index in [9.17, 15) is 9.59 Å². The van der Waals surface area contributed by atoms with E-state index in [1.54, 1.807) is 25.1 Å². The number of hydrogen-bond acceptors (Lipinski definition) is 4. The minimum atomic E-state index is -0.411. The topological polar surface area (TPSA) is 59.8 Å². The lowest BCUT2D eigenvalue weighted by Crippen LogP contribution is -2.53. The normalized spacial score (nSPS) is 31.2. The molecular weight excluding hydrogens is 378 g/mol. The summed E-state index contributed by atoms with van der Waals surface area (Å²) in [4.78, 5) is 26.0. The van der Waals surface area contributed by atoms with Gasteiger partial charge in [0.2, 0.25) is 5.91 Å². The Kier molecular flexibility index (Phi) is 6.49. The van der Waals surface area contributed by atoms with Crippen molar-refractivity contribution in [3.63, 3.8) is 0 Å². The molecule has 0 aromatic carbocycles. The van der Waals surface area contributed by atoms with E-state index in [-0.39, 0.29) is 17.3 Å². The van der Waals surface area contributed by atoms with Gasteiger partial charge in [-0.15, -0.1) is 0 Å². The number of nitrogens with zero attached hydrogens (tertiary/aromatic N) is 1. The van der Waals surface area contributed by atoms with Crippen molar-refractivity contribution in [2.24, 2.45) is 22.7 Å². The largest absolute Gasteiger partial charge is 0.469 e. The van der Waals surface area contributed by atoms with E-state index < -0.39 is 5.41 Å². The van der Waals surface area contributed by atoms with Crippen LogP contribution in [0.2, 0.25) is 0 Å². The third-order valence-electron chi connectivity index (χ3n) is 8.13. The average molecular weight is 416 g/mol. The maximum absolute atomic E-state index is 12.7. The third-order valence-corrected chi connectivity index (χ3v) is 8.13. The first kappa shape index (κ1) is 22.6. The minimum absolute atomic E-state index is 0.0256. The molecule has 0 spiro atoms. The number of methoxy groups -OCH3 is 1. The number of rotatable bonds is 6. The highest BCUT2D eigenvalue weighted by Crippen LogP contribution is 2.62. The Hall–Kier alpha value is -2.04. The van der Waals surface area contributed by atoms with Crippen LogP contribution in [0.25, 0.3) is 0 Å². The van der Waals surface area contributed by atoms with Gasteiger partial charge >= 0.3 is 5.97 Å². The van der Waals surface area contributed by atoms with Crippen molar-refractivity contribution in [2.45, 2.75) is 72.3 Å². The average Bonchev–Trinajstić information content (AvgIpc) is 3.13. The molecule has 1 heterocycles. The number of amides is 1. The van der Waals surface area contributed by atoms with Gasteiger partial charge in [0.25, 0.3) is 0 Å². The van der Waals surface area contributed by atoms with Gasteiger partial charge in [-0.05, 0) is 74.3 Å². The maximum atomic E-state index is 12.7. The fourth-order valence-electron chi connectivity index (χ4n) is 6.31. The SMILES string of the molecule is C=C1CC[C@@H]2[C@](C)(CCC[C@@]2(C)C(=O)OC)[C@@H]1CCc1ccoc1CN(C)C(C)=O. The molecule has 166 valence electrons. The van der Waals surface area contributed by atoms with Crippen LogP contribution in [0.15, 0.2) is 28.9 Å². The predicted octanol–water partition coefficient (Wildman–Crippen LogP) is 5.14. The van der Waals surface area contributed by atoms with Gasteiger partial charge in [-0.1, -0.05) is 25.5 Å². The van der Waals surface area contributed by atoms with E-state index in [1.807, 2.05) is 6.07 Å². The molecule has 1 amide bonds. The molecule has 3 rings (SSSR count). The summed E-state index contributed by atoms with van der Waals surface area (Å²) in [5.74, 6) is 1.51. The fraction of sp³-hybridized carbons (Fsp3) is 0.680. The van der Waals surface area contributed by atoms with Gasteiger partial charge in [0.15, 0.2) is 0 Å². The first-order valence-electron chi connectivity index (χ1n) is 11.2. The van der Waals surface area contributed by atoms with Crippen molar-refractivity contribution < 1.29 is 18.7 Å². The first-order chi connectivity index (χ1) is 14.1. The van der Waals surface area contributed by atoms with Crippen LogP contribution in [0.5, 0.6) is 0 Å². The van der Waals surface area contributed by atoms with E-state index in [0.717, 1.165) is 56.3 Å². The molecular formula is C25H37NO4. The molecule has 0 saturated heterocycles. The van der Waals surface area contributed by atoms with Crippen LogP contribution in [0, 0.1) is 22.7 Å². The van der Waals surface area contributed by atoms with Gasteiger partial charge < -0.3 is 14.1 Å². The quantitative estimate of drug-likeness (QED) is 0.477. The monoisotopic (exact) mass is 415 g/mol. The Balaban J connectivity index is 1.79. The van der Waals surface area contributed by atoms with E-state index in [4.69, 9.17) is 9.15 Å². The van der Waals surface area contributed by atoms with E-state index in [1.165, 1.54) is 12.7 Å². The van der Waals surface area contributed by atoms with Crippen LogP contribution >= 0.6 is 0 Å². The molecule has 1 aromatic rings. The summed E-state index contributed by atoms with van der Waals surface area (Å²) < 4.78 is 10.9. The van der Waals surface area contributed by atoms with Crippen LogP contribution in [0.4, 0.5) is 0 Å². The van der Waals surface area contributed by atoms with Crippen LogP contribution in [0.3, 0.4) is 0 Å². The number of carbonyl (C=O) groups is 2. The van der Waals surface area contributed by atoms with E-state index >= 15 is 0 Å². The second-order valence-corrected chi connectivity index (χ2v) is 9.85. The Bertz CT molecular complexity index is 812. The number of esters is 1. The summed E-state index contributed by atoms with van der Waals surface area (Å²) in [5.41, 5.74) is 2.12. The third kappa shape index (κ3) is 3.95. The number of aryl methyl sites for hydroxylation is 1. The van der Waals surface area contributed by atoms with Crippen LogP contribution in [0.1, 0.15) is 70.6 Å². The highest BCUT2D eigenvalue weighted by Gasteiger charge is 2.57. The van der Waals surface area contributed by atoms with Gasteiger partial charge in [0.05, 0.1) is 25.3 Å². The second kappa shape index (κ2) is 8.60. The number of carbonyl (C=O) groups excluding carboxylic acids is 2. The van der Waals surface area contributed by atoms with Crippen molar-refractivity contribution in [2.75, 3.05) is 14.2 Å². The Morgan fingerprint density at radius 2 is 2.07 bits per heavy atom. The zero-order valence-corrected chi connectivity index (χ0v) is 19.3. The van der Waals surface area contributed by atoms with Crippen molar-refractivity contribution in [1.82, 2.24) is 4.90 Å². The molecule has 2 aliphatic carbocycles. The van der Waals surface area contributed by atoms with Gasteiger partial charge in [-0.3, -0.25) is 9.59 Å². The van der Waals surface area contributed by atoms with Gasteiger partial charge in [-0.2, -0.15) is 0 Å². The van der Waals surface area contributed by atoms with Crippen molar-refractivity contribution in [3.8, 4) is 0 Å². The number of ether oxygens (including phenoxy) is 1. The molecule has 1 aromatic heterocycles. The zero-order chi connectivity index (χ0) is 22.1. The Morgan fingerprint density at radius 1 is 1.33 bits per heavy atom. The lowest BCUT2D eigenvalue weighted by Gasteiger charge is -2.57. The molecule has 5 heteroatoms. The van der Waals surface area contributed by atoms with Crippen LogP contribution in [-0.2, 0) is 27.3 Å². The summed E-state index contributed by atoms with van der Waals surface area (Å²) in [6, 6.07) is 2.02. The summed E-state index contributed by atoms with van der Waals surface area (Å²) >= 11 is 0. The smallest absolute Gasteiger partial charge is 0.311 e. The molecule has 0 bridgehead atoms. The molecule has 0 N–H and O–H groups in total. The minimum Gasteiger partial charge on any atom is -0.469 e. The predicted molar refractivity (Wildman–Crippen MR) is 117 cm³/mol. The molecule has 5 nitrogen and oxygen atoms in total. The molecule has 30 heavy (non-hydrogen) atoms. The Morgan fingerprint density at radius 3 is 2.73 bits per heavy atom. The van der Waals surface area contributed by atoms with Gasteiger partial charge in [0, 0.05) is 14.0 Å². The van der Waals surface area contributed by atoms with Crippen molar-refractivity contribution in [3.05, 3.63) is 35.8 Å². The Labute approximate surface area is 180 Å². The molecule has 0 aliphatic heterocycles. The summed E-state index contributed by atoms with van der Waals surface area (Å²) in [7, 11) is 3.30. The highest BCUT2D eigenvalue weighted by molar-refractivity contribution is 5.77. The van der Waals surface area contributed by atoms with Gasteiger partial charge in [-0.25, -0.2) is 0 Å². The number of fused-ring (bicyclic) bond motifs is 1. The summed E-state index contributed by atoms with van der Waals surface area (Å²) in [6.07, 6.45) is 8.65. The number of allylic oxidation sites excluding steroid dienone is 1. The highest BCUT2D eigenvalue weighted by atomic mass is 16.5. The summed E-state index contributed by atoms with van der Waals surface area (Å²) in [6.45, 7) is 11.0. The lowest BCUT2D eigenvalue weighted by molar-refractivity contribution is -0.168. The first-order valence-corrected chi connectivity index (χ1v) is 11.2. The van der Waals surface area contributed by atoms with Crippen LogP contribution < -0.4 is 0 Å². The van der Waals surface area contributed by atoms with Crippen molar-refractivity contribution >= 4 is 11.9 Å². The molecule has 0 unspecified atom stereocenters. The molecule has 4 atom stereocenters. The van der Waals surface area contributed by atoms with Gasteiger partial charge in [0.1, 0.15) is 5.76 Å².